The van der Waals surface area contributed by atoms with Crippen molar-refractivity contribution in [3.8, 4) is 0 Å². The third kappa shape index (κ3) is 5.50. The van der Waals surface area contributed by atoms with Crippen LogP contribution in [0.1, 0.15) is 31.9 Å². The fraction of sp³-hybridized carbons (Fsp3) is 0.727. The SMILES string of the molecule is CCCNC(C)c1cnn(CCOC(F)(F)F)c1. The van der Waals surface area contributed by atoms with Gasteiger partial charge in [-0.2, -0.15) is 5.10 Å². The highest BCUT2D eigenvalue weighted by atomic mass is 19.4. The highest BCUT2D eigenvalue weighted by Crippen LogP contribution is 2.16. The van der Waals surface area contributed by atoms with Crippen LogP contribution in [-0.2, 0) is 11.3 Å². The van der Waals surface area contributed by atoms with Gasteiger partial charge in [-0.1, -0.05) is 6.92 Å². The first-order chi connectivity index (χ1) is 8.42. The maximum atomic E-state index is 11.8. The van der Waals surface area contributed by atoms with Crippen LogP contribution < -0.4 is 5.32 Å². The normalized spacial score (nSPS) is 13.8. The molecule has 1 N–H and O–H groups in total. The molecule has 1 rings (SSSR count). The van der Waals surface area contributed by atoms with Gasteiger partial charge in [0, 0.05) is 17.8 Å². The van der Waals surface area contributed by atoms with E-state index < -0.39 is 13.0 Å². The molecule has 1 aromatic rings. The molecule has 0 aromatic carbocycles. The van der Waals surface area contributed by atoms with Crippen molar-refractivity contribution in [1.29, 1.82) is 0 Å². The van der Waals surface area contributed by atoms with E-state index in [0.29, 0.717) is 0 Å². The van der Waals surface area contributed by atoms with Gasteiger partial charge in [-0.25, -0.2) is 0 Å². The first-order valence-corrected chi connectivity index (χ1v) is 5.89. The summed E-state index contributed by atoms with van der Waals surface area (Å²) in [5.41, 5.74) is 0.954. The molecule has 0 fully saturated rings. The van der Waals surface area contributed by atoms with E-state index in [9.17, 15) is 13.2 Å². The van der Waals surface area contributed by atoms with Gasteiger partial charge in [0.15, 0.2) is 0 Å². The predicted octanol–water partition coefficient (Wildman–Crippen LogP) is 2.48. The van der Waals surface area contributed by atoms with E-state index in [0.717, 1.165) is 18.5 Å². The van der Waals surface area contributed by atoms with E-state index in [4.69, 9.17) is 0 Å². The number of aromatic nitrogens is 2. The molecule has 0 bridgehead atoms. The predicted molar refractivity (Wildman–Crippen MR) is 60.9 cm³/mol. The summed E-state index contributed by atoms with van der Waals surface area (Å²) < 4.78 is 40.4. The largest absolute Gasteiger partial charge is 0.522 e. The Labute approximate surface area is 104 Å². The van der Waals surface area contributed by atoms with E-state index in [1.54, 1.807) is 12.4 Å². The Hall–Kier alpha value is -1.08. The number of ether oxygens (including phenoxy) is 1. The fourth-order valence-corrected chi connectivity index (χ4v) is 1.46. The fourth-order valence-electron chi connectivity index (χ4n) is 1.46. The van der Waals surface area contributed by atoms with Gasteiger partial charge < -0.3 is 5.32 Å². The molecule has 4 nitrogen and oxygen atoms in total. The standard InChI is InChI=1S/C11H18F3N3O/c1-3-4-15-9(2)10-7-16-17(8-10)5-6-18-11(12,13)14/h7-9,15H,3-6H2,1-2H3. The summed E-state index contributed by atoms with van der Waals surface area (Å²) in [6, 6.07) is 0.141. The Morgan fingerprint density at radius 3 is 2.83 bits per heavy atom. The van der Waals surface area contributed by atoms with E-state index in [1.807, 2.05) is 6.92 Å². The minimum Gasteiger partial charge on any atom is -0.310 e. The van der Waals surface area contributed by atoms with Gasteiger partial charge in [-0.15, -0.1) is 13.2 Å². The van der Waals surface area contributed by atoms with E-state index in [-0.39, 0.29) is 12.6 Å². The maximum absolute atomic E-state index is 11.8. The number of hydrogen-bond donors (Lipinski definition) is 1. The van der Waals surface area contributed by atoms with Crippen LogP contribution in [0.5, 0.6) is 0 Å². The number of halogens is 3. The number of hydrogen-bond acceptors (Lipinski definition) is 3. The molecule has 0 amide bonds. The molecule has 7 heteroatoms. The lowest BCUT2D eigenvalue weighted by molar-refractivity contribution is -0.325. The van der Waals surface area contributed by atoms with Crippen molar-refractivity contribution in [3.05, 3.63) is 18.0 Å². The molecule has 1 aromatic heterocycles. The van der Waals surface area contributed by atoms with Gasteiger partial charge in [0.1, 0.15) is 0 Å². The quantitative estimate of drug-likeness (QED) is 0.823. The topological polar surface area (TPSA) is 39.1 Å². The third-order valence-corrected chi connectivity index (χ3v) is 2.44. The highest BCUT2D eigenvalue weighted by molar-refractivity contribution is 5.09. The molecular formula is C11H18F3N3O. The lowest BCUT2D eigenvalue weighted by atomic mass is 10.2. The molecule has 18 heavy (non-hydrogen) atoms. The number of rotatable bonds is 7. The molecule has 104 valence electrons. The van der Waals surface area contributed by atoms with Gasteiger partial charge in [0.25, 0.3) is 0 Å². The Morgan fingerprint density at radius 2 is 2.22 bits per heavy atom. The van der Waals surface area contributed by atoms with Crippen LogP contribution in [0, 0.1) is 0 Å². The van der Waals surface area contributed by atoms with Gasteiger partial charge in [-0.05, 0) is 19.9 Å². The zero-order valence-corrected chi connectivity index (χ0v) is 10.5. The lowest BCUT2D eigenvalue weighted by Crippen LogP contribution is -2.19. The minimum absolute atomic E-state index is 0.0833. The Bertz CT molecular complexity index is 352. The van der Waals surface area contributed by atoms with E-state index in [1.165, 1.54) is 4.68 Å². The molecule has 1 heterocycles. The van der Waals surface area contributed by atoms with Crippen LogP contribution in [0.15, 0.2) is 12.4 Å². The lowest BCUT2D eigenvalue weighted by Gasteiger charge is -2.10. The number of alkyl halides is 3. The highest BCUT2D eigenvalue weighted by Gasteiger charge is 2.28. The summed E-state index contributed by atoms with van der Waals surface area (Å²) in [6.45, 7) is 4.60. The van der Waals surface area contributed by atoms with Gasteiger partial charge in [0.05, 0.1) is 19.3 Å². The zero-order chi connectivity index (χ0) is 13.6. The summed E-state index contributed by atoms with van der Waals surface area (Å²) in [4.78, 5) is 0. The molecule has 0 aliphatic rings. The second-order valence-corrected chi connectivity index (χ2v) is 4.01. The molecular weight excluding hydrogens is 247 g/mol. The van der Waals surface area contributed by atoms with Crippen molar-refractivity contribution in [1.82, 2.24) is 15.1 Å². The summed E-state index contributed by atoms with van der Waals surface area (Å²) in [7, 11) is 0. The minimum atomic E-state index is -4.58. The van der Waals surface area contributed by atoms with Crippen LogP contribution in [0.3, 0.4) is 0 Å². The second kappa shape index (κ2) is 6.75. The first-order valence-electron chi connectivity index (χ1n) is 5.89. The van der Waals surface area contributed by atoms with Gasteiger partial charge in [-0.3, -0.25) is 9.42 Å². The van der Waals surface area contributed by atoms with Crippen molar-refractivity contribution in [2.45, 2.75) is 39.2 Å². The average Bonchev–Trinajstić information content (AvgIpc) is 2.73. The molecule has 0 aliphatic heterocycles. The van der Waals surface area contributed by atoms with Crippen LogP contribution in [-0.4, -0.2) is 29.3 Å². The number of nitrogens with one attached hydrogen (secondary N) is 1. The summed E-state index contributed by atoms with van der Waals surface area (Å²) in [5.74, 6) is 0. The van der Waals surface area contributed by atoms with Crippen molar-refractivity contribution in [2.24, 2.45) is 0 Å². The Morgan fingerprint density at radius 1 is 1.50 bits per heavy atom. The van der Waals surface area contributed by atoms with E-state index in [2.05, 4.69) is 22.1 Å². The van der Waals surface area contributed by atoms with Gasteiger partial charge in [0.2, 0.25) is 0 Å². The summed E-state index contributed by atoms with van der Waals surface area (Å²) in [5, 5.41) is 7.27. The summed E-state index contributed by atoms with van der Waals surface area (Å²) in [6.07, 6.45) is -0.169. The van der Waals surface area contributed by atoms with Gasteiger partial charge >= 0.3 is 6.36 Å². The molecule has 0 aliphatic carbocycles. The molecule has 0 saturated carbocycles. The van der Waals surface area contributed by atoms with Crippen molar-refractivity contribution in [3.63, 3.8) is 0 Å². The van der Waals surface area contributed by atoms with Crippen LogP contribution in [0.4, 0.5) is 13.2 Å². The number of nitrogens with zero attached hydrogens (tertiary/aromatic N) is 2. The second-order valence-electron chi connectivity index (χ2n) is 4.01. The molecule has 0 saturated heterocycles. The first kappa shape index (κ1) is 15.0. The van der Waals surface area contributed by atoms with Crippen molar-refractivity contribution in [2.75, 3.05) is 13.2 Å². The molecule has 0 spiro atoms. The smallest absolute Gasteiger partial charge is 0.310 e. The maximum Gasteiger partial charge on any atom is 0.522 e. The molecule has 0 radical (unpaired) electrons. The summed E-state index contributed by atoms with van der Waals surface area (Å²) >= 11 is 0. The average molecular weight is 265 g/mol. The monoisotopic (exact) mass is 265 g/mol. The van der Waals surface area contributed by atoms with Crippen molar-refractivity contribution < 1.29 is 17.9 Å². The Balaban J connectivity index is 2.38. The zero-order valence-electron chi connectivity index (χ0n) is 10.5. The van der Waals surface area contributed by atoms with Crippen LogP contribution in [0.25, 0.3) is 0 Å². The Kier molecular flexibility index (Phi) is 5.61. The van der Waals surface area contributed by atoms with Crippen LogP contribution >= 0.6 is 0 Å². The molecule has 1 atom stereocenters. The third-order valence-electron chi connectivity index (χ3n) is 2.44. The van der Waals surface area contributed by atoms with E-state index >= 15 is 0 Å². The van der Waals surface area contributed by atoms with Crippen LogP contribution in [0.2, 0.25) is 0 Å². The molecule has 1 unspecified atom stereocenters. The van der Waals surface area contributed by atoms with Crippen molar-refractivity contribution >= 4 is 0 Å².